The van der Waals surface area contributed by atoms with E-state index in [2.05, 4.69) is 0 Å². The number of aliphatic hydroxyl groups is 2. The number of hydrogen-bond donors (Lipinski definition) is 2. The summed E-state index contributed by atoms with van der Waals surface area (Å²) in [5, 5.41) is 22.6. The van der Waals surface area contributed by atoms with E-state index in [1.54, 1.807) is 60.7 Å². The number of hydrogen-bond acceptors (Lipinski definition) is 8. The minimum atomic E-state index is -1.53. The maximum Gasteiger partial charge on any atom is 0.338 e. The first-order valence-corrected chi connectivity index (χ1v) is 13.7. The van der Waals surface area contributed by atoms with Gasteiger partial charge in [0.2, 0.25) is 0 Å². The molecule has 6 unspecified atom stereocenters. The van der Waals surface area contributed by atoms with Crippen LogP contribution in [0.1, 0.15) is 31.8 Å². The molecule has 1 aliphatic rings. The molecule has 6 atom stereocenters. The molecule has 42 heavy (non-hydrogen) atoms. The van der Waals surface area contributed by atoms with Crippen LogP contribution in [0.15, 0.2) is 121 Å². The van der Waals surface area contributed by atoms with Crippen LogP contribution in [0.4, 0.5) is 0 Å². The average molecular weight is 569 g/mol. The minimum absolute atomic E-state index is 0.0452. The lowest BCUT2D eigenvalue weighted by atomic mass is 9.84. The van der Waals surface area contributed by atoms with Crippen LogP contribution in [0.25, 0.3) is 0 Å². The molecular formula is C34H32O8. The summed E-state index contributed by atoms with van der Waals surface area (Å²) in [6.07, 6.45) is -8.22. The summed E-state index contributed by atoms with van der Waals surface area (Å²) in [4.78, 5) is 26.6. The molecule has 4 aromatic carbocycles. The van der Waals surface area contributed by atoms with Crippen LogP contribution >= 0.6 is 0 Å². The molecule has 1 aliphatic carbocycles. The topological polar surface area (TPSA) is 112 Å². The number of aliphatic hydroxyl groups excluding tert-OH is 2. The van der Waals surface area contributed by atoms with Gasteiger partial charge < -0.3 is 29.2 Å². The van der Waals surface area contributed by atoms with Gasteiger partial charge in [-0.1, -0.05) is 97.1 Å². The second-order valence-corrected chi connectivity index (χ2v) is 9.98. The standard InChI is InChI=1S/C34H32O8/c35-27-28(36)30(40-22-24-15-7-2-8-16-24)32(42-34(38)26-19-11-4-12-20-26)31(41-33(37)25-17-9-3-10-18-25)29(27)39-21-23-13-5-1-6-14-23/h1-20,27-32,35-36H,21-22H2. The Balaban J connectivity index is 1.49. The van der Waals surface area contributed by atoms with E-state index in [4.69, 9.17) is 18.9 Å². The summed E-state index contributed by atoms with van der Waals surface area (Å²) >= 11 is 0. The molecular weight excluding hydrogens is 536 g/mol. The van der Waals surface area contributed by atoms with Gasteiger partial charge in [0, 0.05) is 0 Å². The second kappa shape index (κ2) is 14.0. The molecule has 0 bridgehead atoms. The zero-order valence-electron chi connectivity index (χ0n) is 22.8. The highest BCUT2D eigenvalue weighted by Crippen LogP contribution is 2.33. The van der Waals surface area contributed by atoms with E-state index >= 15 is 0 Å². The summed E-state index contributed by atoms with van der Waals surface area (Å²) in [5.41, 5.74) is 2.12. The molecule has 8 heteroatoms. The van der Waals surface area contributed by atoms with Crippen LogP contribution < -0.4 is 0 Å². The van der Waals surface area contributed by atoms with Crippen molar-refractivity contribution in [3.63, 3.8) is 0 Å². The highest BCUT2D eigenvalue weighted by atomic mass is 16.6. The van der Waals surface area contributed by atoms with Crippen LogP contribution in [0.5, 0.6) is 0 Å². The van der Waals surface area contributed by atoms with Crippen molar-refractivity contribution >= 4 is 11.9 Å². The summed E-state index contributed by atoms with van der Waals surface area (Å²) in [6.45, 7) is 0.0904. The van der Waals surface area contributed by atoms with E-state index < -0.39 is 48.6 Å². The fourth-order valence-electron chi connectivity index (χ4n) is 4.87. The van der Waals surface area contributed by atoms with Crippen LogP contribution in [0.3, 0.4) is 0 Å². The van der Waals surface area contributed by atoms with Crippen molar-refractivity contribution in [1.82, 2.24) is 0 Å². The van der Waals surface area contributed by atoms with Gasteiger partial charge in [0.25, 0.3) is 0 Å². The van der Waals surface area contributed by atoms with E-state index in [1.165, 1.54) is 0 Å². The largest absolute Gasteiger partial charge is 0.452 e. The van der Waals surface area contributed by atoms with Gasteiger partial charge in [-0.05, 0) is 35.4 Å². The Morgan fingerprint density at radius 1 is 0.476 bits per heavy atom. The average Bonchev–Trinajstić information content (AvgIpc) is 3.04. The first-order chi connectivity index (χ1) is 20.5. The summed E-state index contributed by atoms with van der Waals surface area (Å²) in [5.74, 6) is -1.42. The Kier molecular flexibility index (Phi) is 9.74. The predicted octanol–water partition coefficient (Wildman–Crippen LogP) is 4.34. The zero-order chi connectivity index (χ0) is 29.3. The summed E-state index contributed by atoms with van der Waals surface area (Å²) < 4.78 is 24.1. The van der Waals surface area contributed by atoms with E-state index in [9.17, 15) is 19.8 Å². The number of esters is 2. The zero-order valence-corrected chi connectivity index (χ0v) is 22.8. The molecule has 0 aliphatic heterocycles. The van der Waals surface area contributed by atoms with Gasteiger partial charge in [0.05, 0.1) is 24.3 Å². The smallest absolute Gasteiger partial charge is 0.338 e. The van der Waals surface area contributed by atoms with Crippen LogP contribution in [0.2, 0.25) is 0 Å². The molecule has 0 saturated heterocycles. The molecule has 0 amide bonds. The van der Waals surface area contributed by atoms with Gasteiger partial charge in [0.15, 0.2) is 12.2 Å². The number of ether oxygens (including phenoxy) is 4. The van der Waals surface area contributed by atoms with Gasteiger partial charge in [0.1, 0.15) is 24.4 Å². The summed E-state index contributed by atoms with van der Waals surface area (Å²) in [7, 11) is 0. The monoisotopic (exact) mass is 568 g/mol. The van der Waals surface area contributed by atoms with Gasteiger partial charge in [-0.25, -0.2) is 9.59 Å². The summed E-state index contributed by atoms with van der Waals surface area (Å²) in [6, 6.07) is 35.1. The fraction of sp³-hybridized carbons (Fsp3) is 0.235. The van der Waals surface area contributed by atoms with Crippen LogP contribution in [-0.2, 0) is 32.2 Å². The maximum atomic E-state index is 13.3. The van der Waals surface area contributed by atoms with Crippen LogP contribution in [-0.4, -0.2) is 58.8 Å². The molecule has 8 nitrogen and oxygen atoms in total. The Labute approximate surface area is 244 Å². The highest BCUT2D eigenvalue weighted by Gasteiger charge is 2.55. The molecule has 1 fully saturated rings. The van der Waals surface area contributed by atoms with Crippen molar-refractivity contribution < 1.29 is 38.7 Å². The van der Waals surface area contributed by atoms with Crippen molar-refractivity contribution in [2.45, 2.75) is 49.8 Å². The molecule has 5 rings (SSSR count). The SMILES string of the molecule is O=C(OC1C(OCc2ccccc2)C(O)C(O)C(OCc2ccccc2)C1OC(=O)c1ccccc1)c1ccccc1. The minimum Gasteiger partial charge on any atom is -0.452 e. The van der Waals surface area contributed by atoms with Crippen molar-refractivity contribution in [3.05, 3.63) is 144 Å². The third kappa shape index (κ3) is 7.10. The fourth-order valence-corrected chi connectivity index (χ4v) is 4.87. The maximum absolute atomic E-state index is 13.3. The predicted molar refractivity (Wildman–Crippen MR) is 153 cm³/mol. The van der Waals surface area contributed by atoms with Crippen molar-refractivity contribution in [2.75, 3.05) is 0 Å². The van der Waals surface area contributed by atoms with E-state index in [0.29, 0.717) is 0 Å². The lowest BCUT2D eigenvalue weighted by Gasteiger charge is -2.46. The molecule has 2 N–H and O–H groups in total. The number of rotatable bonds is 10. The molecule has 216 valence electrons. The number of benzene rings is 4. The lowest BCUT2D eigenvalue weighted by molar-refractivity contribution is -0.249. The normalized spacial score (nSPS) is 23.6. The molecule has 4 aromatic rings. The molecule has 0 spiro atoms. The highest BCUT2D eigenvalue weighted by molar-refractivity contribution is 5.90. The Bertz CT molecular complexity index is 1300. The molecule has 0 radical (unpaired) electrons. The van der Waals surface area contributed by atoms with E-state index in [1.807, 2.05) is 60.7 Å². The Morgan fingerprint density at radius 3 is 1.12 bits per heavy atom. The van der Waals surface area contributed by atoms with Crippen LogP contribution in [0, 0.1) is 0 Å². The molecule has 1 saturated carbocycles. The van der Waals surface area contributed by atoms with Crippen molar-refractivity contribution in [1.29, 1.82) is 0 Å². The van der Waals surface area contributed by atoms with Gasteiger partial charge in [-0.3, -0.25) is 0 Å². The molecule has 0 aromatic heterocycles. The van der Waals surface area contributed by atoms with E-state index in [0.717, 1.165) is 11.1 Å². The van der Waals surface area contributed by atoms with Crippen molar-refractivity contribution in [2.24, 2.45) is 0 Å². The van der Waals surface area contributed by atoms with Crippen molar-refractivity contribution in [3.8, 4) is 0 Å². The number of carbonyl (C=O) groups excluding carboxylic acids is 2. The third-order valence-electron chi connectivity index (χ3n) is 7.07. The van der Waals surface area contributed by atoms with E-state index in [-0.39, 0.29) is 24.3 Å². The number of carbonyl (C=O) groups is 2. The Morgan fingerprint density at radius 2 is 0.786 bits per heavy atom. The lowest BCUT2D eigenvalue weighted by Crippen LogP contribution is -2.66. The molecule has 0 heterocycles. The third-order valence-corrected chi connectivity index (χ3v) is 7.07. The van der Waals surface area contributed by atoms with Gasteiger partial charge in [-0.2, -0.15) is 0 Å². The Hall–Kier alpha value is -4.34. The first kappa shape index (κ1) is 29.2. The van der Waals surface area contributed by atoms with Gasteiger partial charge in [-0.15, -0.1) is 0 Å². The first-order valence-electron chi connectivity index (χ1n) is 13.7. The van der Waals surface area contributed by atoms with Gasteiger partial charge >= 0.3 is 11.9 Å². The second-order valence-electron chi connectivity index (χ2n) is 9.98. The quantitative estimate of drug-likeness (QED) is 0.272.